The van der Waals surface area contributed by atoms with Crippen molar-refractivity contribution in [2.24, 2.45) is 0 Å². The van der Waals surface area contributed by atoms with Crippen LogP contribution in [0.4, 0.5) is 11.4 Å². The van der Waals surface area contributed by atoms with Gasteiger partial charge in [0, 0.05) is 26.1 Å². The van der Waals surface area contributed by atoms with E-state index in [2.05, 4.69) is 5.32 Å². The van der Waals surface area contributed by atoms with E-state index < -0.39 is 0 Å². The zero-order valence-corrected chi connectivity index (χ0v) is 8.66. The Balaban J connectivity index is 2.45. The van der Waals surface area contributed by atoms with Gasteiger partial charge in [0.25, 0.3) is 0 Å². The number of hydrogen-bond acceptors (Lipinski definition) is 3. The lowest BCUT2D eigenvalue weighted by atomic mass is 10.2. The van der Waals surface area contributed by atoms with E-state index in [1.54, 1.807) is 30.0 Å². The van der Waals surface area contributed by atoms with Crippen molar-refractivity contribution in [3.63, 3.8) is 0 Å². The molecule has 1 aliphatic rings. The number of fused-ring (bicyclic) bond motifs is 1. The Morgan fingerprint density at radius 1 is 1.53 bits per heavy atom. The third-order valence-electron chi connectivity index (χ3n) is 2.52. The number of carbonyl (C=O) groups excluding carboxylic acids is 1. The van der Waals surface area contributed by atoms with Gasteiger partial charge in [-0.05, 0) is 18.6 Å². The molecule has 0 atom stereocenters. The van der Waals surface area contributed by atoms with E-state index >= 15 is 0 Å². The molecule has 1 aromatic carbocycles. The van der Waals surface area contributed by atoms with Crippen molar-refractivity contribution >= 4 is 17.3 Å². The van der Waals surface area contributed by atoms with Crippen molar-refractivity contribution in [2.75, 3.05) is 23.3 Å². The molecule has 4 nitrogen and oxygen atoms in total. The normalized spacial score (nSPS) is 15.1. The summed E-state index contributed by atoms with van der Waals surface area (Å²) in [6.45, 7) is 3.10. The highest BCUT2D eigenvalue weighted by Gasteiger charge is 2.18. The molecule has 0 spiro atoms. The third-order valence-corrected chi connectivity index (χ3v) is 2.52. The Morgan fingerprint density at radius 2 is 2.33 bits per heavy atom. The molecule has 1 aromatic rings. The Labute approximate surface area is 88.5 Å². The van der Waals surface area contributed by atoms with Crippen LogP contribution in [0.1, 0.15) is 13.3 Å². The van der Waals surface area contributed by atoms with Crippen LogP contribution in [-0.2, 0) is 4.79 Å². The summed E-state index contributed by atoms with van der Waals surface area (Å²) in [5.74, 6) is 0.247. The molecule has 0 radical (unpaired) electrons. The molecule has 0 fully saturated rings. The molecular weight excluding hydrogens is 192 g/mol. The van der Waals surface area contributed by atoms with Gasteiger partial charge in [-0.1, -0.05) is 0 Å². The first kappa shape index (κ1) is 9.83. The second kappa shape index (κ2) is 3.81. The number of nitrogens with zero attached hydrogens (tertiary/aromatic N) is 1. The van der Waals surface area contributed by atoms with Crippen LogP contribution in [0.2, 0.25) is 0 Å². The lowest BCUT2D eigenvalue weighted by Crippen LogP contribution is -2.28. The van der Waals surface area contributed by atoms with Gasteiger partial charge in [0.05, 0.1) is 11.4 Å². The average Bonchev–Trinajstić information content (AvgIpc) is 2.38. The maximum Gasteiger partial charge on any atom is 0.223 e. The molecule has 0 saturated heterocycles. The predicted molar refractivity (Wildman–Crippen MR) is 59.2 cm³/mol. The van der Waals surface area contributed by atoms with Crippen LogP contribution in [0, 0.1) is 0 Å². The molecule has 2 N–H and O–H groups in total. The minimum Gasteiger partial charge on any atom is -0.508 e. The number of phenolic OH excluding ortho intramolecular Hbond substituents is 1. The summed E-state index contributed by atoms with van der Waals surface area (Å²) in [6, 6.07) is 5.02. The molecule has 0 aliphatic carbocycles. The fourth-order valence-electron chi connectivity index (χ4n) is 1.81. The van der Waals surface area contributed by atoms with E-state index in [1.807, 2.05) is 0 Å². The molecular formula is C11H14N2O2. The number of aromatic hydroxyl groups is 1. The zero-order valence-electron chi connectivity index (χ0n) is 8.66. The number of phenols is 1. The summed E-state index contributed by atoms with van der Waals surface area (Å²) in [7, 11) is 0. The van der Waals surface area contributed by atoms with Gasteiger partial charge in [0.2, 0.25) is 5.91 Å². The maximum absolute atomic E-state index is 11.4. The standard InChI is InChI=1S/C11H14N2O2/c1-8(14)13-6-2-5-12-10-7-9(15)3-4-11(10)13/h3-4,7,12,15H,2,5-6H2,1H3. The first-order chi connectivity index (χ1) is 7.18. The summed E-state index contributed by atoms with van der Waals surface area (Å²) in [6.07, 6.45) is 0.912. The lowest BCUT2D eigenvalue weighted by Gasteiger charge is -2.20. The minimum absolute atomic E-state index is 0.0330. The van der Waals surface area contributed by atoms with Crippen molar-refractivity contribution in [3.05, 3.63) is 18.2 Å². The molecule has 1 aliphatic heterocycles. The monoisotopic (exact) mass is 206 g/mol. The number of rotatable bonds is 0. The van der Waals surface area contributed by atoms with E-state index in [-0.39, 0.29) is 11.7 Å². The Kier molecular flexibility index (Phi) is 2.49. The van der Waals surface area contributed by atoms with Crippen molar-refractivity contribution in [3.8, 4) is 5.75 Å². The van der Waals surface area contributed by atoms with E-state index in [1.165, 1.54) is 0 Å². The van der Waals surface area contributed by atoms with Crippen LogP contribution in [-0.4, -0.2) is 24.1 Å². The molecule has 0 bridgehead atoms. The van der Waals surface area contributed by atoms with Crippen LogP contribution in [0.15, 0.2) is 18.2 Å². The molecule has 4 heteroatoms. The highest BCUT2D eigenvalue weighted by Crippen LogP contribution is 2.31. The van der Waals surface area contributed by atoms with E-state index in [4.69, 9.17) is 0 Å². The number of carbonyl (C=O) groups is 1. The smallest absolute Gasteiger partial charge is 0.223 e. The predicted octanol–water partition coefficient (Wildman–Crippen LogP) is 1.56. The Morgan fingerprint density at radius 3 is 3.07 bits per heavy atom. The maximum atomic E-state index is 11.4. The second-order valence-electron chi connectivity index (χ2n) is 3.65. The summed E-state index contributed by atoms with van der Waals surface area (Å²) >= 11 is 0. The molecule has 0 aromatic heterocycles. The number of benzene rings is 1. The Bertz CT molecular complexity index is 390. The SMILES string of the molecule is CC(=O)N1CCCNc2cc(O)ccc21. The third kappa shape index (κ3) is 1.88. The molecule has 1 heterocycles. The van der Waals surface area contributed by atoms with Crippen LogP contribution in [0.5, 0.6) is 5.75 Å². The molecule has 0 saturated carbocycles. The second-order valence-corrected chi connectivity index (χ2v) is 3.65. The first-order valence-electron chi connectivity index (χ1n) is 5.03. The Hall–Kier alpha value is -1.71. The van der Waals surface area contributed by atoms with Crippen LogP contribution < -0.4 is 10.2 Å². The zero-order chi connectivity index (χ0) is 10.8. The molecule has 15 heavy (non-hydrogen) atoms. The quantitative estimate of drug-likeness (QED) is 0.677. The van der Waals surface area contributed by atoms with Gasteiger partial charge >= 0.3 is 0 Å². The van der Waals surface area contributed by atoms with E-state index in [0.29, 0.717) is 0 Å². The van der Waals surface area contributed by atoms with Crippen LogP contribution in [0.25, 0.3) is 0 Å². The highest BCUT2D eigenvalue weighted by molar-refractivity contribution is 5.95. The average molecular weight is 206 g/mol. The summed E-state index contributed by atoms with van der Waals surface area (Å²) in [5.41, 5.74) is 1.67. The van der Waals surface area contributed by atoms with Crippen molar-refractivity contribution in [2.45, 2.75) is 13.3 Å². The van der Waals surface area contributed by atoms with E-state index in [9.17, 15) is 9.90 Å². The number of hydrogen-bond donors (Lipinski definition) is 2. The van der Waals surface area contributed by atoms with Gasteiger partial charge < -0.3 is 15.3 Å². The van der Waals surface area contributed by atoms with Gasteiger partial charge in [-0.25, -0.2) is 0 Å². The molecule has 2 rings (SSSR count). The van der Waals surface area contributed by atoms with E-state index in [0.717, 1.165) is 30.9 Å². The lowest BCUT2D eigenvalue weighted by molar-refractivity contribution is -0.116. The number of nitrogens with one attached hydrogen (secondary N) is 1. The summed E-state index contributed by atoms with van der Waals surface area (Å²) in [4.78, 5) is 13.2. The van der Waals surface area contributed by atoms with Gasteiger partial charge in [-0.3, -0.25) is 4.79 Å². The minimum atomic E-state index is 0.0330. The molecule has 1 amide bonds. The molecule has 80 valence electrons. The first-order valence-corrected chi connectivity index (χ1v) is 5.03. The van der Waals surface area contributed by atoms with Gasteiger partial charge in [-0.15, -0.1) is 0 Å². The van der Waals surface area contributed by atoms with Crippen LogP contribution >= 0.6 is 0 Å². The summed E-state index contributed by atoms with van der Waals surface area (Å²) in [5, 5.41) is 12.6. The van der Waals surface area contributed by atoms with Crippen molar-refractivity contribution in [1.82, 2.24) is 0 Å². The topological polar surface area (TPSA) is 52.6 Å². The van der Waals surface area contributed by atoms with Crippen LogP contribution in [0.3, 0.4) is 0 Å². The van der Waals surface area contributed by atoms with Crippen molar-refractivity contribution in [1.29, 1.82) is 0 Å². The fraction of sp³-hybridized carbons (Fsp3) is 0.364. The number of anilines is 2. The number of amides is 1. The highest BCUT2D eigenvalue weighted by atomic mass is 16.3. The van der Waals surface area contributed by atoms with Gasteiger partial charge in [0.1, 0.15) is 5.75 Å². The fourth-order valence-corrected chi connectivity index (χ4v) is 1.81. The van der Waals surface area contributed by atoms with Crippen molar-refractivity contribution < 1.29 is 9.90 Å². The summed E-state index contributed by atoms with van der Waals surface area (Å²) < 4.78 is 0. The largest absolute Gasteiger partial charge is 0.508 e. The van der Waals surface area contributed by atoms with Gasteiger partial charge in [-0.2, -0.15) is 0 Å². The molecule has 0 unspecified atom stereocenters. The van der Waals surface area contributed by atoms with Gasteiger partial charge in [0.15, 0.2) is 0 Å².